The van der Waals surface area contributed by atoms with Gasteiger partial charge in [0.1, 0.15) is 12.6 Å². The summed E-state index contributed by atoms with van der Waals surface area (Å²) in [5, 5.41) is 3.30. The van der Waals surface area contributed by atoms with Gasteiger partial charge in [-0.2, -0.15) is 0 Å². The number of ether oxygens (including phenoxy) is 1. The lowest BCUT2D eigenvalue weighted by Crippen LogP contribution is -2.46. The maximum atomic E-state index is 12.1. The molecule has 1 aliphatic heterocycles. The molecular formula is C14H17ClN2O3. The van der Waals surface area contributed by atoms with E-state index in [-0.39, 0.29) is 18.5 Å². The van der Waals surface area contributed by atoms with Crippen LogP contribution >= 0.6 is 11.6 Å². The van der Waals surface area contributed by atoms with E-state index < -0.39 is 5.97 Å². The third kappa shape index (κ3) is 2.88. The van der Waals surface area contributed by atoms with E-state index in [1.165, 1.54) is 7.11 Å². The van der Waals surface area contributed by atoms with Crippen molar-refractivity contribution in [2.45, 2.75) is 19.4 Å². The number of rotatable bonds is 4. The van der Waals surface area contributed by atoms with Crippen LogP contribution < -0.4 is 10.2 Å². The molecule has 1 aromatic rings. The Labute approximate surface area is 122 Å². The van der Waals surface area contributed by atoms with Crippen LogP contribution in [0.4, 0.5) is 5.69 Å². The Balaban J connectivity index is 2.05. The van der Waals surface area contributed by atoms with E-state index in [1.54, 1.807) is 0 Å². The van der Waals surface area contributed by atoms with Gasteiger partial charge < -0.3 is 15.0 Å². The summed E-state index contributed by atoms with van der Waals surface area (Å²) < 4.78 is 4.49. The number of halogens is 1. The second-order valence-electron chi connectivity index (χ2n) is 4.65. The second-order valence-corrected chi connectivity index (χ2v) is 5.06. The highest BCUT2D eigenvalue weighted by Crippen LogP contribution is 2.34. The molecule has 0 unspecified atom stereocenters. The molecule has 5 nitrogen and oxygen atoms in total. The molecule has 108 valence electrons. The Hall–Kier alpha value is -1.75. The zero-order chi connectivity index (χ0) is 14.7. The highest BCUT2D eigenvalue weighted by Gasteiger charge is 2.28. The number of anilines is 1. The Morgan fingerprint density at radius 2 is 2.25 bits per heavy atom. The fraction of sp³-hybridized carbons (Fsp3) is 0.429. The van der Waals surface area contributed by atoms with E-state index in [0.717, 1.165) is 29.2 Å². The first-order valence-corrected chi connectivity index (χ1v) is 6.81. The number of nitrogens with zero attached hydrogens (tertiary/aromatic N) is 1. The van der Waals surface area contributed by atoms with Gasteiger partial charge in [0, 0.05) is 17.3 Å². The zero-order valence-corrected chi connectivity index (χ0v) is 12.2. The molecule has 1 aliphatic rings. The van der Waals surface area contributed by atoms with Gasteiger partial charge in [0.25, 0.3) is 0 Å². The molecule has 0 aromatic heterocycles. The fourth-order valence-electron chi connectivity index (χ4n) is 2.34. The van der Waals surface area contributed by atoms with Gasteiger partial charge in [-0.05, 0) is 31.0 Å². The van der Waals surface area contributed by atoms with Gasteiger partial charge in [0.15, 0.2) is 0 Å². The highest BCUT2D eigenvalue weighted by molar-refractivity contribution is 6.31. The lowest BCUT2D eigenvalue weighted by atomic mass is 10.1. The van der Waals surface area contributed by atoms with Crippen molar-refractivity contribution >= 4 is 29.2 Å². The van der Waals surface area contributed by atoms with Crippen LogP contribution in [-0.4, -0.2) is 38.1 Å². The summed E-state index contributed by atoms with van der Waals surface area (Å²) in [6.07, 6.45) is 0.823. The molecule has 0 spiro atoms. The largest absolute Gasteiger partial charge is 0.468 e. The smallest absolute Gasteiger partial charge is 0.325 e. The predicted molar refractivity (Wildman–Crippen MR) is 77.0 cm³/mol. The van der Waals surface area contributed by atoms with E-state index in [0.29, 0.717) is 0 Å². The van der Waals surface area contributed by atoms with Crippen molar-refractivity contribution in [2.24, 2.45) is 0 Å². The number of amides is 1. The van der Waals surface area contributed by atoms with Crippen molar-refractivity contribution in [3.8, 4) is 0 Å². The van der Waals surface area contributed by atoms with E-state index in [2.05, 4.69) is 10.1 Å². The van der Waals surface area contributed by atoms with Crippen molar-refractivity contribution in [3.63, 3.8) is 0 Å². The Kier molecular flexibility index (Phi) is 4.49. The average Bonchev–Trinajstić information content (AvgIpc) is 2.88. The molecule has 1 N–H and O–H groups in total. The summed E-state index contributed by atoms with van der Waals surface area (Å²) in [7, 11) is 1.29. The molecule has 0 saturated heterocycles. The number of fused-ring (bicyclic) bond motifs is 1. The summed E-state index contributed by atoms with van der Waals surface area (Å²) in [6, 6.07) is 5.32. The minimum atomic E-state index is -0.463. The fourth-order valence-corrected chi connectivity index (χ4v) is 2.60. The van der Waals surface area contributed by atoms with Crippen molar-refractivity contribution in [2.75, 3.05) is 25.1 Å². The molecule has 0 radical (unpaired) electrons. The van der Waals surface area contributed by atoms with Gasteiger partial charge in [-0.3, -0.25) is 9.59 Å². The van der Waals surface area contributed by atoms with Crippen molar-refractivity contribution < 1.29 is 14.3 Å². The van der Waals surface area contributed by atoms with Crippen LogP contribution in [-0.2, 0) is 20.7 Å². The number of hydrogen-bond acceptors (Lipinski definition) is 4. The molecule has 1 amide bonds. The van der Waals surface area contributed by atoms with Crippen molar-refractivity contribution in [1.82, 2.24) is 5.32 Å². The summed E-state index contributed by atoms with van der Waals surface area (Å²) in [4.78, 5) is 25.1. The van der Waals surface area contributed by atoms with Crippen LogP contribution in [0, 0.1) is 0 Å². The minimum Gasteiger partial charge on any atom is -0.468 e. The predicted octanol–water partition coefficient (Wildman–Crippen LogP) is 1.38. The number of methoxy groups -OCH3 is 1. The van der Waals surface area contributed by atoms with Crippen LogP contribution in [0.25, 0.3) is 0 Å². The Morgan fingerprint density at radius 3 is 2.95 bits per heavy atom. The number of esters is 1. The first-order valence-electron chi connectivity index (χ1n) is 6.43. The molecular weight excluding hydrogens is 280 g/mol. The van der Waals surface area contributed by atoms with Crippen LogP contribution in [0.15, 0.2) is 18.2 Å². The van der Waals surface area contributed by atoms with Crippen LogP contribution in [0.2, 0.25) is 5.02 Å². The van der Waals surface area contributed by atoms with Crippen LogP contribution in [0.5, 0.6) is 0 Å². The standard InChI is InChI=1S/C14H17ClN2O3/c1-9(14(19)16-8-13(18)20-2)17-7-6-10-11(15)4-3-5-12(10)17/h3-5,9H,6-8H2,1-2H3,(H,16,19)/t9-/m0/s1. The molecule has 6 heteroatoms. The van der Waals surface area contributed by atoms with Gasteiger partial charge >= 0.3 is 5.97 Å². The van der Waals surface area contributed by atoms with Gasteiger partial charge in [-0.15, -0.1) is 0 Å². The summed E-state index contributed by atoms with van der Waals surface area (Å²) in [5.41, 5.74) is 2.06. The maximum absolute atomic E-state index is 12.1. The summed E-state index contributed by atoms with van der Waals surface area (Å²) in [6.45, 7) is 2.43. The Morgan fingerprint density at radius 1 is 1.50 bits per heavy atom. The van der Waals surface area contributed by atoms with Gasteiger partial charge in [-0.25, -0.2) is 0 Å². The van der Waals surface area contributed by atoms with Crippen LogP contribution in [0.1, 0.15) is 12.5 Å². The highest BCUT2D eigenvalue weighted by atomic mass is 35.5. The van der Waals surface area contributed by atoms with Gasteiger partial charge in [0.05, 0.1) is 7.11 Å². The van der Waals surface area contributed by atoms with Crippen LogP contribution in [0.3, 0.4) is 0 Å². The third-order valence-electron chi connectivity index (χ3n) is 3.49. The minimum absolute atomic E-state index is 0.115. The van der Waals surface area contributed by atoms with E-state index in [1.807, 2.05) is 30.0 Å². The Bertz CT molecular complexity index is 533. The van der Waals surface area contributed by atoms with Gasteiger partial charge in [-0.1, -0.05) is 17.7 Å². The van der Waals surface area contributed by atoms with E-state index in [4.69, 9.17) is 11.6 Å². The van der Waals surface area contributed by atoms with Crippen molar-refractivity contribution in [3.05, 3.63) is 28.8 Å². The number of hydrogen-bond donors (Lipinski definition) is 1. The number of benzene rings is 1. The van der Waals surface area contributed by atoms with Gasteiger partial charge in [0.2, 0.25) is 5.91 Å². The molecule has 0 bridgehead atoms. The lowest BCUT2D eigenvalue weighted by Gasteiger charge is -2.26. The number of nitrogens with one attached hydrogen (secondary N) is 1. The molecule has 1 aromatic carbocycles. The molecule has 0 fully saturated rings. The third-order valence-corrected chi connectivity index (χ3v) is 3.84. The van der Waals surface area contributed by atoms with E-state index >= 15 is 0 Å². The first-order chi connectivity index (χ1) is 9.54. The monoisotopic (exact) mass is 296 g/mol. The second kappa shape index (κ2) is 6.13. The first kappa shape index (κ1) is 14.7. The lowest BCUT2D eigenvalue weighted by molar-refractivity contribution is -0.141. The molecule has 2 rings (SSSR count). The molecule has 20 heavy (non-hydrogen) atoms. The maximum Gasteiger partial charge on any atom is 0.325 e. The molecule has 1 atom stereocenters. The average molecular weight is 297 g/mol. The normalized spacial score (nSPS) is 14.7. The number of carbonyl (C=O) groups is 2. The quantitative estimate of drug-likeness (QED) is 0.853. The molecule has 0 saturated carbocycles. The van der Waals surface area contributed by atoms with Crippen molar-refractivity contribution in [1.29, 1.82) is 0 Å². The summed E-state index contributed by atoms with van der Waals surface area (Å²) >= 11 is 6.15. The molecule has 0 aliphatic carbocycles. The summed E-state index contributed by atoms with van der Waals surface area (Å²) in [5.74, 6) is -0.668. The number of carbonyl (C=O) groups excluding carboxylic acids is 2. The molecule has 1 heterocycles. The van der Waals surface area contributed by atoms with E-state index in [9.17, 15) is 9.59 Å². The topological polar surface area (TPSA) is 58.6 Å². The SMILES string of the molecule is COC(=O)CNC(=O)[C@H](C)N1CCc2c(Cl)cccc21. The zero-order valence-electron chi connectivity index (χ0n) is 11.5.